The first-order chi connectivity index (χ1) is 12.7. The summed E-state index contributed by atoms with van der Waals surface area (Å²) in [5, 5.41) is 0.711. The summed E-state index contributed by atoms with van der Waals surface area (Å²) in [6.45, 7) is 3.92. The van der Waals surface area contributed by atoms with E-state index in [-0.39, 0.29) is 5.56 Å². The summed E-state index contributed by atoms with van der Waals surface area (Å²) < 4.78 is 2.91. The van der Waals surface area contributed by atoms with Crippen LogP contribution in [0.1, 0.15) is 18.4 Å². The highest BCUT2D eigenvalue weighted by Crippen LogP contribution is 2.21. The van der Waals surface area contributed by atoms with Gasteiger partial charge in [-0.1, -0.05) is 40.2 Å². The van der Waals surface area contributed by atoms with E-state index in [9.17, 15) is 4.79 Å². The lowest BCUT2D eigenvalue weighted by Gasteiger charge is -2.32. The average Bonchev–Trinajstić information content (AvgIpc) is 2.67. The Bertz CT molecular complexity index is 943. The van der Waals surface area contributed by atoms with Gasteiger partial charge in [0.25, 0.3) is 5.56 Å². The number of hydrogen-bond donors (Lipinski definition) is 0. The van der Waals surface area contributed by atoms with Crippen molar-refractivity contribution < 1.29 is 0 Å². The van der Waals surface area contributed by atoms with Crippen molar-refractivity contribution in [2.24, 2.45) is 5.92 Å². The summed E-state index contributed by atoms with van der Waals surface area (Å²) in [6.07, 6.45) is 3.95. The molecule has 0 atom stereocenters. The number of likely N-dealkylation sites (tertiary alicyclic amines) is 1. The number of aromatic nitrogens is 2. The van der Waals surface area contributed by atoms with E-state index in [1.807, 2.05) is 24.3 Å². The predicted molar refractivity (Wildman–Crippen MR) is 108 cm³/mol. The van der Waals surface area contributed by atoms with Crippen molar-refractivity contribution in [3.63, 3.8) is 0 Å². The molecule has 0 unspecified atom stereocenters. The zero-order chi connectivity index (χ0) is 17.9. The van der Waals surface area contributed by atoms with Crippen LogP contribution in [0.25, 0.3) is 10.9 Å². The molecule has 0 bridgehead atoms. The number of hydrogen-bond acceptors (Lipinski definition) is 3. The van der Waals surface area contributed by atoms with Crippen molar-refractivity contribution in [3.05, 3.63) is 75.2 Å². The average molecular weight is 412 g/mol. The molecule has 3 aromatic rings. The molecular formula is C21H22BrN3O. The maximum atomic E-state index is 12.6. The third-order valence-electron chi connectivity index (χ3n) is 5.21. The van der Waals surface area contributed by atoms with Crippen LogP contribution in [0.2, 0.25) is 0 Å². The topological polar surface area (TPSA) is 38.1 Å². The Morgan fingerprint density at radius 2 is 1.77 bits per heavy atom. The molecule has 1 aromatic heterocycles. The molecule has 0 N–H and O–H groups in total. The van der Waals surface area contributed by atoms with Crippen LogP contribution in [0.5, 0.6) is 0 Å². The van der Waals surface area contributed by atoms with E-state index in [0.29, 0.717) is 11.3 Å². The van der Waals surface area contributed by atoms with Crippen molar-refractivity contribution in [1.29, 1.82) is 0 Å². The highest BCUT2D eigenvalue weighted by molar-refractivity contribution is 9.10. The van der Waals surface area contributed by atoms with Crippen molar-refractivity contribution in [2.45, 2.75) is 25.9 Å². The molecule has 0 saturated carbocycles. The molecule has 0 radical (unpaired) electrons. The highest BCUT2D eigenvalue weighted by atomic mass is 79.9. The first-order valence-electron chi connectivity index (χ1n) is 9.10. The normalized spacial score (nSPS) is 16.2. The second kappa shape index (κ2) is 7.72. The zero-order valence-electron chi connectivity index (χ0n) is 14.6. The lowest BCUT2D eigenvalue weighted by atomic mass is 9.96. The summed E-state index contributed by atoms with van der Waals surface area (Å²) in [5.41, 5.74) is 2.20. The first kappa shape index (κ1) is 17.4. The Morgan fingerprint density at radius 3 is 2.54 bits per heavy atom. The van der Waals surface area contributed by atoms with Gasteiger partial charge in [0.15, 0.2) is 0 Å². The van der Waals surface area contributed by atoms with Gasteiger partial charge in [0.1, 0.15) is 0 Å². The minimum Gasteiger partial charge on any atom is -0.299 e. The van der Waals surface area contributed by atoms with E-state index in [1.165, 1.54) is 5.56 Å². The predicted octanol–water partition coefficient (Wildman–Crippen LogP) is 4.07. The third kappa shape index (κ3) is 3.89. The van der Waals surface area contributed by atoms with Crippen LogP contribution < -0.4 is 5.56 Å². The number of piperidine rings is 1. The second-order valence-electron chi connectivity index (χ2n) is 7.07. The number of nitrogens with zero attached hydrogens (tertiary/aromatic N) is 3. The molecule has 26 heavy (non-hydrogen) atoms. The van der Waals surface area contributed by atoms with Gasteiger partial charge in [-0.25, -0.2) is 4.98 Å². The van der Waals surface area contributed by atoms with Gasteiger partial charge in [0.2, 0.25) is 0 Å². The molecule has 0 amide bonds. The van der Waals surface area contributed by atoms with E-state index in [0.717, 1.165) is 49.0 Å². The van der Waals surface area contributed by atoms with Crippen LogP contribution in [0.4, 0.5) is 0 Å². The van der Waals surface area contributed by atoms with E-state index >= 15 is 0 Å². The van der Waals surface area contributed by atoms with Gasteiger partial charge in [-0.2, -0.15) is 0 Å². The van der Waals surface area contributed by atoms with Crippen LogP contribution in [0.15, 0.2) is 64.1 Å². The van der Waals surface area contributed by atoms with Gasteiger partial charge >= 0.3 is 0 Å². The Labute approximate surface area is 161 Å². The molecule has 134 valence electrons. The van der Waals surface area contributed by atoms with Crippen LogP contribution in [0.3, 0.4) is 0 Å². The molecule has 0 spiro atoms. The van der Waals surface area contributed by atoms with Gasteiger partial charge < -0.3 is 0 Å². The van der Waals surface area contributed by atoms with E-state index in [4.69, 9.17) is 0 Å². The SMILES string of the molecule is O=c1c2ccccc2ncn1CC1CCN(Cc2ccc(Br)cc2)CC1. The fourth-order valence-corrected chi connectivity index (χ4v) is 3.95. The number of halogens is 1. The van der Waals surface area contributed by atoms with Gasteiger partial charge in [0.05, 0.1) is 17.2 Å². The Balaban J connectivity index is 1.37. The number of para-hydroxylation sites is 1. The van der Waals surface area contributed by atoms with Crippen LogP contribution >= 0.6 is 15.9 Å². The Hall–Kier alpha value is -1.98. The van der Waals surface area contributed by atoms with Gasteiger partial charge in [0, 0.05) is 17.6 Å². The molecule has 1 saturated heterocycles. The number of rotatable bonds is 4. The zero-order valence-corrected chi connectivity index (χ0v) is 16.2. The van der Waals surface area contributed by atoms with Crippen molar-refractivity contribution in [2.75, 3.05) is 13.1 Å². The van der Waals surface area contributed by atoms with Crippen LogP contribution in [-0.4, -0.2) is 27.5 Å². The fourth-order valence-electron chi connectivity index (χ4n) is 3.69. The van der Waals surface area contributed by atoms with Crippen molar-refractivity contribution in [1.82, 2.24) is 14.5 Å². The van der Waals surface area contributed by atoms with Gasteiger partial charge in [-0.3, -0.25) is 14.3 Å². The Kier molecular flexibility index (Phi) is 5.18. The smallest absolute Gasteiger partial charge is 0.261 e. The molecule has 1 fully saturated rings. The molecule has 0 aliphatic carbocycles. The summed E-state index contributed by atoms with van der Waals surface area (Å²) in [4.78, 5) is 19.6. The maximum Gasteiger partial charge on any atom is 0.261 e. The minimum atomic E-state index is 0.0768. The molecule has 1 aliphatic heterocycles. The Morgan fingerprint density at radius 1 is 1.04 bits per heavy atom. The lowest BCUT2D eigenvalue weighted by molar-refractivity contribution is 0.166. The second-order valence-corrected chi connectivity index (χ2v) is 7.98. The molecule has 4 nitrogen and oxygen atoms in total. The number of fused-ring (bicyclic) bond motifs is 1. The largest absolute Gasteiger partial charge is 0.299 e. The molecule has 4 rings (SSSR count). The molecule has 5 heteroatoms. The summed E-state index contributed by atoms with van der Waals surface area (Å²) in [5.74, 6) is 0.539. The minimum absolute atomic E-state index is 0.0768. The fraction of sp³-hybridized carbons (Fsp3) is 0.333. The van der Waals surface area contributed by atoms with Crippen molar-refractivity contribution in [3.8, 4) is 0 Å². The van der Waals surface area contributed by atoms with Gasteiger partial charge in [-0.05, 0) is 61.7 Å². The molecular weight excluding hydrogens is 390 g/mol. The maximum absolute atomic E-state index is 12.6. The molecule has 1 aliphatic rings. The van der Waals surface area contributed by atoms with Crippen LogP contribution in [0, 0.1) is 5.92 Å². The standard InChI is InChI=1S/C21H22BrN3O/c22-18-7-5-16(6-8-18)13-24-11-9-17(10-12-24)14-25-15-23-20-4-2-1-3-19(20)21(25)26/h1-8,15,17H,9-14H2. The quantitative estimate of drug-likeness (QED) is 0.649. The van der Waals surface area contributed by atoms with Crippen LogP contribution in [-0.2, 0) is 13.1 Å². The summed E-state index contributed by atoms with van der Waals surface area (Å²) in [6, 6.07) is 16.1. The van der Waals surface area contributed by atoms with Gasteiger partial charge in [-0.15, -0.1) is 0 Å². The molecule has 2 aromatic carbocycles. The monoisotopic (exact) mass is 411 g/mol. The lowest BCUT2D eigenvalue weighted by Crippen LogP contribution is -2.36. The van der Waals surface area contributed by atoms with E-state index < -0.39 is 0 Å². The third-order valence-corrected chi connectivity index (χ3v) is 5.74. The van der Waals surface area contributed by atoms with E-state index in [1.54, 1.807) is 10.9 Å². The first-order valence-corrected chi connectivity index (χ1v) is 9.89. The summed E-state index contributed by atoms with van der Waals surface area (Å²) in [7, 11) is 0. The molecule has 2 heterocycles. The van der Waals surface area contributed by atoms with Crippen molar-refractivity contribution >= 4 is 26.8 Å². The summed E-state index contributed by atoms with van der Waals surface area (Å²) >= 11 is 3.48. The van der Waals surface area contributed by atoms with E-state index in [2.05, 4.69) is 50.1 Å². The highest BCUT2D eigenvalue weighted by Gasteiger charge is 2.20. The number of benzene rings is 2.